The lowest BCUT2D eigenvalue weighted by Gasteiger charge is -2.34. The van der Waals surface area contributed by atoms with Gasteiger partial charge in [-0.1, -0.05) is 13.3 Å². The second-order valence-corrected chi connectivity index (χ2v) is 4.86. The number of esters is 1. The van der Waals surface area contributed by atoms with Crippen molar-refractivity contribution in [3.05, 3.63) is 0 Å². The highest BCUT2D eigenvalue weighted by atomic mass is 16.5. The van der Waals surface area contributed by atoms with E-state index in [0.717, 1.165) is 12.8 Å². The van der Waals surface area contributed by atoms with Crippen LogP contribution in [0.1, 0.15) is 39.0 Å². The quantitative estimate of drug-likeness (QED) is 0.734. The second-order valence-electron chi connectivity index (χ2n) is 4.86. The van der Waals surface area contributed by atoms with Crippen molar-refractivity contribution in [1.29, 1.82) is 0 Å². The Morgan fingerprint density at radius 2 is 2.10 bits per heavy atom. The number of carboxylic acids is 1. The first-order valence-corrected chi connectivity index (χ1v) is 6.89. The molecule has 0 aromatic carbocycles. The Morgan fingerprint density at radius 1 is 1.40 bits per heavy atom. The van der Waals surface area contributed by atoms with Crippen molar-refractivity contribution in [3.63, 3.8) is 0 Å². The SMILES string of the molecule is CCC[C@H](NC(=O)N1CCCCC1C(=O)OC)C(=O)O. The molecule has 114 valence electrons. The van der Waals surface area contributed by atoms with E-state index in [1.807, 2.05) is 6.92 Å². The van der Waals surface area contributed by atoms with E-state index in [1.54, 1.807) is 0 Å². The number of aliphatic carboxylic acids is 1. The van der Waals surface area contributed by atoms with E-state index < -0.39 is 30.1 Å². The molecule has 7 nitrogen and oxygen atoms in total. The molecule has 0 spiro atoms. The molecule has 0 aromatic heterocycles. The first-order valence-electron chi connectivity index (χ1n) is 6.89. The summed E-state index contributed by atoms with van der Waals surface area (Å²) in [6, 6.07) is -2.06. The normalized spacial score (nSPS) is 20.1. The minimum absolute atomic E-state index is 0.359. The van der Waals surface area contributed by atoms with Gasteiger partial charge in [0.2, 0.25) is 0 Å². The van der Waals surface area contributed by atoms with Gasteiger partial charge in [0, 0.05) is 6.54 Å². The molecule has 0 bridgehead atoms. The highest BCUT2D eigenvalue weighted by Gasteiger charge is 2.34. The summed E-state index contributed by atoms with van der Waals surface area (Å²) in [5, 5.41) is 11.5. The maximum absolute atomic E-state index is 12.2. The van der Waals surface area contributed by atoms with Gasteiger partial charge in [-0.3, -0.25) is 0 Å². The molecule has 0 saturated carbocycles. The van der Waals surface area contributed by atoms with Gasteiger partial charge in [0.05, 0.1) is 7.11 Å². The number of piperidine rings is 1. The smallest absolute Gasteiger partial charge is 0.328 e. The summed E-state index contributed by atoms with van der Waals surface area (Å²) in [5.74, 6) is -1.52. The van der Waals surface area contributed by atoms with Crippen LogP contribution in [0.2, 0.25) is 0 Å². The number of methoxy groups -OCH3 is 1. The summed E-state index contributed by atoms with van der Waals surface area (Å²) in [5.41, 5.74) is 0. The Kier molecular flexibility index (Phi) is 6.27. The van der Waals surface area contributed by atoms with Crippen LogP contribution in [0, 0.1) is 0 Å². The highest BCUT2D eigenvalue weighted by Crippen LogP contribution is 2.18. The number of ether oxygens (including phenoxy) is 1. The van der Waals surface area contributed by atoms with E-state index in [0.29, 0.717) is 25.8 Å². The van der Waals surface area contributed by atoms with Crippen molar-refractivity contribution >= 4 is 18.0 Å². The van der Waals surface area contributed by atoms with E-state index in [9.17, 15) is 14.4 Å². The molecule has 2 N–H and O–H groups in total. The number of likely N-dealkylation sites (tertiary alicyclic amines) is 1. The molecule has 1 saturated heterocycles. The number of hydrogen-bond acceptors (Lipinski definition) is 4. The third kappa shape index (κ3) is 4.11. The van der Waals surface area contributed by atoms with Gasteiger partial charge in [0.15, 0.2) is 0 Å². The number of carbonyl (C=O) groups is 3. The summed E-state index contributed by atoms with van der Waals surface area (Å²) in [7, 11) is 1.28. The average molecular weight is 286 g/mol. The zero-order chi connectivity index (χ0) is 15.1. The highest BCUT2D eigenvalue weighted by molar-refractivity contribution is 5.86. The van der Waals surface area contributed by atoms with Gasteiger partial charge in [-0.05, 0) is 25.7 Å². The first-order chi connectivity index (χ1) is 9.51. The van der Waals surface area contributed by atoms with Crippen molar-refractivity contribution in [1.82, 2.24) is 10.2 Å². The lowest BCUT2D eigenvalue weighted by atomic mass is 10.0. The first kappa shape index (κ1) is 16.3. The third-order valence-electron chi connectivity index (χ3n) is 3.41. The molecule has 2 atom stereocenters. The molecule has 0 aromatic rings. The largest absolute Gasteiger partial charge is 0.480 e. The lowest BCUT2D eigenvalue weighted by molar-refractivity contribution is -0.146. The van der Waals surface area contributed by atoms with Crippen molar-refractivity contribution in [2.45, 2.75) is 51.1 Å². The molecular formula is C13H22N2O5. The summed E-state index contributed by atoms with van der Waals surface area (Å²) in [6.45, 7) is 2.28. The van der Waals surface area contributed by atoms with Gasteiger partial charge in [-0.15, -0.1) is 0 Å². The number of nitrogens with one attached hydrogen (secondary N) is 1. The van der Waals surface area contributed by atoms with E-state index in [1.165, 1.54) is 12.0 Å². The number of amides is 2. The van der Waals surface area contributed by atoms with Gasteiger partial charge in [0.1, 0.15) is 12.1 Å². The van der Waals surface area contributed by atoms with Gasteiger partial charge in [0.25, 0.3) is 0 Å². The molecule has 1 fully saturated rings. The molecule has 20 heavy (non-hydrogen) atoms. The van der Waals surface area contributed by atoms with Crippen LogP contribution >= 0.6 is 0 Å². The van der Waals surface area contributed by atoms with Crippen molar-refractivity contribution in [3.8, 4) is 0 Å². The fourth-order valence-corrected chi connectivity index (χ4v) is 2.33. The fraction of sp³-hybridized carbons (Fsp3) is 0.769. The predicted octanol–water partition coefficient (Wildman–Crippen LogP) is 0.977. The van der Waals surface area contributed by atoms with Crippen LogP contribution in [0.5, 0.6) is 0 Å². The van der Waals surface area contributed by atoms with Crippen molar-refractivity contribution < 1.29 is 24.2 Å². The molecule has 0 aliphatic carbocycles. The minimum atomic E-state index is -1.06. The van der Waals surface area contributed by atoms with Gasteiger partial charge < -0.3 is 20.1 Å². The molecule has 1 unspecified atom stereocenters. The Balaban J connectivity index is 2.71. The van der Waals surface area contributed by atoms with Crippen LogP contribution < -0.4 is 5.32 Å². The van der Waals surface area contributed by atoms with Crippen LogP contribution in [-0.2, 0) is 14.3 Å². The third-order valence-corrected chi connectivity index (χ3v) is 3.41. The van der Waals surface area contributed by atoms with Gasteiger partial charge >= 0.3 is 18.0 Å². The number of carboxylic acid groups (broad SMARTS) is 1. The van der Waals surface area contributed by atoms with Gasteiger partial charge in [-0.2, -0.15) is 0 Å². The number of carbonyl (C=O) groups excluding carboxylic acids is 2. The van der Waals surface area contributed by atoms with E-state index >= 15 is 0 Å². The van der Waals surface area contributed by atoms with E-state index in [-0.39, 0.29) is 0 Å². The maximum atomic E-state index is 12.2. The Morgan fingerprint density at radius 3 is 2.65 bits per heavy atom. The predicted molar refractivity (Wildman–Crippen MR) is 71.2 cm³/mol. The zero-order valence-corrected chi connectivity index (χ0v) is 11.9. The van der Waals surface area contributed by atoms with Crippen molar-refractivity contribution in [2.24, 2.45) is 0 Å². The second kappa shape index (κ2) is 7.72. The van der Waals surface area contributed by atoms with Crippen LogP contribution in [0.4, 0.5) is 4.79 Å². The lowest BCUT2D eigenvalue weighted by Crippen LogP contribution is -2.55. The van der Waals surface area contributed by atoms with Gasteiger partial charge in [-0.25, -0.2) is 14.4 Å². The fourth-order valence-electron chi connectivity index (χ4n) is 2.33. The molecule has 1 aliphatic rings. The van der Waals surface area contributed by atoms with Crippen LogP contribution in [0.25, 0.3) is 0 Å². The van der Waals surface area contributed by atoms with Crippen LogP contribution in [0.3, 0.4) is 0 Å². The Hall–Kier alpha value is -1.79. The summed E-state index contributed by atoms with van der Waals surface area (Å²) in [6.07, 6.45) is 3.20. The van der Waals surface area contributed by atoms with Crippen LogP contribution in [-0.4, -0.2) is 53.7 Å². The Bertz CT molecular complexity index is 372. The number of rotatable bonds is 5. The molecular weight excluding hydrogens is 264 g/mol. The standard InChI is InChI=1S/C13H22N2O5/c1-3-6-9(11(16)17)14-13(19)15-8-5-4-7-10(15)12(18)20-2/h9-10H,3-8H2,1-2H3,(H,14,19)(H,16,17)/t9-,10?/m0/s1. The molecule has 0 radical (unpaired) electrons. The number of hydrogen-bond donors (Lipinski definition) is 2. The molecule has 1 aliphatic heterocycles. The van der Waals surface area contributed by atoms with Crippen LogP contribution in [0.15, 0.2) is 0 Å². The number of nitrogens with zero attached hydrogens (tertiary/aromatic N) is 1. The molecule has 2 amide bonds. The topological polar surface area (TPSA) is 95.9 Å². The minimum Gasteiger partial charge on any atom is -0.480 e. The summed E-state index contributed by atoms with van der Waals surface area (Å²) >= 11 is 0. The molecule has 7 heteroatoms. The molecule has 1 heterocycles. The Labute approximate surface area is 118 Å². The monoisotopic (exact) mass is 286 g/mol. The maximum Gasteiger partial charge on any atom is 0.328 e. The molecule has 1 rings (SSSR count). The summed E-state index contributed by atoms with van der Waals surface area (Å²) in [4.78, 5) is 36.3. The zero-order valence-electron chi connectivity index (χ0n) is 11.9. The average Bonchev–Trinajstić information content (AvgIpc) is 2.45. The van der Waals surface area contributed by atoms with E-state index in [4.69, 9.17) is 9.84 Å². The number of urea groups is 1. The van der Waals surface area contributed by atoms with Crippen molar-refractivity contribution in [2.75, 3.05) is 13.7 Å². The summed E-state index contributed by atoms with van der Waals surface area (Å²) < 4.78 is 4.69. The van der Waals surface area contributed by atoms with E-state index in [2.05, 4.69) is 5.32 Å².